The molecule has 4 rings (SSSR count). The monoisotopic (exact) mass is 397 g/mol. The van der Waals surface area contributed by atoms with Crippen molar-refractivity contribution in [3.8, 4) is 0 Å². The molecule has 0 saturated heterocycles. The van der Waals surface area contributed by atoms with Gasteiger partial charge in [0.2, 0.25) is 0 Å². The molecule has 154 valence electrons. The summed E-state index contributed by atoms with van der Waals surface area (Å²) in [7, 11) is 0. The van der Waals surface area contributed by atoms with Gasteiger partial charge in [0, 0.05) is 19.0 Å². The molecule has 0 bridgehead atoms. The maximum Gasteiger partial charge on any atom is 0.338 e. The van der Waals surface area contributed by atoms with Crippen molar-refractivity contribution < 1.29 is 14.3 Å². The molecule has 2 aromatic rings. The highest BCUT2D eigenvalue weighted by atomic mass is 16.5. The number of esters is 1. The number of ether oxygens (including phenoxy) is 1. The molecular weight excluding hydrogens is 370 g/mol. The van der Waals surface area contributed by atoms with Crippen LogP contribution in [-0.4, -0.2) is 34.1 Å². The normalized spacial score (nSPS) is 23.6. The van der Waals surface area contributed by atoms with Crippen molar-refractivity contribution in [1.29, 1.82) is 0 Å². The third-order valence-corrected chi connectivity index (χ3v) is 6.44. The highest BCUT2D eigenvalue weighted by Gasteiger charge is 2.28. The molecule has 1 fully saturated rings. The molecule has 7 nitrogen and oxygen atoms in total. The van der Waals surface area contributed by atoms with Gasteiger partial charge in [0.25, 0.3) is 11.5 Å². The van der Waals surface area contributed by atoms with Gasteiger partial charge in [0.1, 0.15) is 5.82 Å². The van der Waals surface area contributed by atoms with E-state index >= 15 is 0 Å². The summed E-state index contributed by atoms with van der Waals surface area (Å²) in [4.78, 5) is 41.7. The summed E-state index contributed by atoms with van der Waals surface area (Å²) in [6.07, 6.45) is 4.91. The van der Waals surface area contributed by atoms with Crippen LogP contribution in [0.15, 0.2) is 23.0 Å². The molecule has 1 aliphatic carbocycles. The fourth-order valence-electron chi connectivity index (χ4n) is 4.46. The van der Waals surface area contributed by atoms with E-state index < -0.39 is 5.97 Å². The van der Waals surface area contributed by atoms with Gasteiger partial charge in [0.05, 0.1) is 16.5 Å². The summed E-state index contributed by atoms with van der Waals surface area (Å²) in [6.45, 7) is 4.74. The highest BCUT2D eigenvalue weighted by Crippen LogP contribution is 2.29. The molecule has 0 unspecified atom stereocenters. The molecule has 1 aromatic heterocycles. The number of nitrogens with one attached hydrogen (secondary N) is 1. The van der Waals surface area contributed by atoms with Crippen LogP contribution in [0.5, 0.6) is 0 Å². The molecule has 2 heterocycles. The summed E-state index contributed by atoms with van der Waals surface area (Å²) in [5.41, 5.74) is 0.712. The molecule has 1 N–H and O–H groups in total. The maximum atomic E-state index is 12.5. The van der Waals surface area contributed by atoms with Crippen molar-refractivity contribution in [3.63, 3.8) is 0 Å². The first-order chi connectivity index (χ1) is 13.9. The number of hydrogen-bond acceptors (Lipinski definition) is 5. The first-order valence-electron chi connectivity index (χ1n) is 10.4. The SMILES string of the molecule is C[C@H]1[C@@H](NC(=O)COC(=O)c2ccc3c(=O)n4c(nc3c2)CCC4)CCC[C@@H]1C. The minimum atomic E-state index is -0.588. The van der Waals surface area contributed by atoms with Crippen molar-refractivity contribution in [1.82, 2.24) is 14.9 Å². The molecule has 1 saturated carbocycles. The number of aromatic nitrogens is 2. The van der Waals surface area contributed by atoms with Crippen LogP contribution in [0.4, 0.5) is 0 Å². The van der Waals surface area contributed by atoms with Crippen molar-refractivity contribution in [2.24, 2.45) is 11.8 Å². The van der Waals surface area contributed by atoms with E-state index in [4.69, 9.17) is 4.74 Å². The van der Waals surface area contributed by atoms with E-state index in [0.29, 0.717) is 34.8 Å². The minimum Gasteiger partial charge on any atom is -0.452 e. The van der Waals surface area contributed by atoms with Crippen LogP contribution in [-0.2, 0) is 22.5 Å². The summed E-state index contributed by atoms with van der Waals surface area (Å²) in [5.74, 6) is 0.875. The number of carbonyl (C=O) groups is 2. The highest BCUT2D eigenvalue weighted by molar-refractivity contribution is 5.95. The van der Waals surface area contributed by atoms with Crippen LogP contribution in [0.3, 0.4) is 0 Å². The molecule has 7 heteroatoms. The molecule has 3 atom stereocenters. The van der Waals surface area contributed by atoms with E-state index in [1.54, 1.807) is 22.8 Å². The lowest BCUT2D eigenvalue weighted by molar-refractivity contribution is -0.125. The number of amides is 1. The van der Waals surface area contributed by atoms with Crippen LogP contribution >= 0.6 is 0 Å². The Hall–Kier alpha value is -2.70. The Balaban J connectivity index is 1.41. The topological polar surface area (TPSA) is 90.3 Å². The Bertz CT molecular complexity index is 1010. The zero-order chi connectivity index (χ0) is 20.5. The first-order valence-corrected chi connectivity index (χ1v) is 10.4. The number of rotatable bonds is 4. The second-order valence-electron chi connectivity index (χ2n) is 8.34. The van der Waals surface area contributed by atoms with Crippen molar-refractivity contribution in [2.75, 3.05) is 6.61 Å². The van der Waals surface area contributed by atoms with Gasteiger partial charge in [-0.25, -0.2) is 9.78 Å². The van der Waals surface area contributed by atoms with Gasteiger partial charge in [-0.2, -0.15) is 0 Å². The fraction of sp³-hybridized carbons (Fsp3) is 0.545. The second-order valence-corrected chi connectivity index (χ2v) is 8.34. The predicted octanol–water partition coefficient (Wildman–Crippen LogP) is 2.44. The summed E-state index contributed by atoms with van der Waals surface area (Å²) in [5, 5.41) is 3.49. The number of carbonyl (C=O) groups excluding carboxylic acids is 2. The smallest absolute Gasteiger partial charge is 0.338 e. The Labute approximate surface area is 169 Å². The third kappa shape index (κ3) is 3.91. The molecule has 2 aliphatic rings. The fourth-order valence-corrected chi connectivity index (χ4v) is 4.46. The first kappa shape index (κ1) is 19.6. The van der Waals surface area contributed by atoms with E-state index in [1.165, 1.54) is 6.42 Å². The number of fused-ring (bicyclic) bond motifs is 2. The number of nitrogens with zero attached hydrogens (tertiary/aromatic N) is 2. The Kier molecular flexibility index (Phi) is 5.39. The minimum absolute atomic E-state index is 0.0716. The second kappa shape index (κ2) is 7.97. The predicted molar refractivity (Wildman–Crippen MR) is 109 cm³/mol. The maximum absolute atomic E-state index is 12.5. The van der Waals surface area contributed by atoms with E-state index in [1.807, 2.05) is 0 Å². The van der Waals surface area contributed by atoms with E-state index in [0.717, 1.165) is 31.5 Å². The summed E-state index contributed by atoms with van der Waals surface area (Å²) < 4.78 is 6.90. The lowest BCUT2D eigenvalue weighted by Crippen LogP contribution is -2.45. The largest absolute Gasteiger partial charge is 0.452 e. The zero-order valence-electron chi connectivity index (χ0n) is 16.9. The van der Waals surface area contributed by atoms with E-state index in [2.05, 4.69) is 24.1 Å². The van der Waals surface area contributed by atoms with Crippen molar-refractivity contribution in [2.45, 2.75) is 58.5 Å². The molecule has 1 aromatic carbocycles. The summed E-state index contributed by atoms with van der Waals surface area (Å²) in [6, 6.07) is 4.86. The Morgan fingerprint density at radius 2 is 2.07 bits per heavy atom. The van der Waals surface area contributed by atoms with Gasteiger partial charge < -0.3 is 10.1 Å². The van der Waals surface area contributed by atoms with Gasteiger partial charge in [-0.1, -0.05) is 26.7 Å². The van der Waals surface area contributed by atoms with Gasteiger partial charge in [-0.15, -0.1) is 0 Å². The average molecular weight is 397 g/mol. The van der Waals surface area contributed by atoms with Crippen LogP contribution < -0.4 is 10.9 Å². The van der Waals surface area contributed by atoms with Crippen LogP contribution in [0, 0.1) is 11.8 Å². The quantitative estimate of drug-likeness (QED) is 0.801. The lowest BCUT2D eigenvalue weighted by atomic mass is 9.78. The van der Waals surface area contributed by atoms with Crippen LogP contribution in [0.25, 0.3) is 10.9 Å². The zero-order valence-corrected chi connectivity index (χ0v) is 16.9. The lowest BCUT2D eigenvalue weighted by Gasteiger charge is -2.34. The van der Waals surface area contributed by atoms with E-state index in [-0.39, 0.29) is 24.1 Å². The molecule has 29 heavy (non-hydrogen) atoms. The van der Waals surface area contributed by atoms with E-state index in [9.17, 15) is 14.4 Å². The Morgan fingerprint density at radius 1 is 1.24 bits per heavy atom. The van der Waals surface area contributed by atoms with Crippen molar-refractivity contribution in [3.05, 3.63) is 39.9 Å². The van der Waals surface area contributed by atoms with Gasteiger partial charge in [0.15, 0.2) is 6.61 Å². The Morgan fingerprint density at radius 3 is 2.90 bits per heavy atom. The summed E-state index contributed by atoms with van der Waals surface area (Å²) >= 11 is 0. The van der Waals surface area contributed by atoms with Gasteiger partial charge in [-0.3, -0.25) is 14.2 Å². The molecule has 0 spiro atoms. The van der Waals surface area contributed by atoms with Crippen LogP contribution in [0.2, 0.25) is 0 Å². The average Bonchev–Trinajstić information content (AvgIpc) is 3.18. The van der Waals surface area contributed by atoms with Gasteiger partial charge >= 0.3 is 5.97 Å². The molecule has 1 aliphatic heterocycles. The number of benzene rings is 1. The number of hydrogen-bond donors (Lipinski definition) is 1. The third-order valence-electron chi connectivity index (χ3n) is 6.44. The standard InChI is InChI=1S/C22H27N3O4/c1-13-5-3-6-17(14(13)2)24-20(26)12-29-22(28)15-8-9-16-18(11-15)23-19-7-4-10-25(19)21(16)27/h8-9,11,13-14,17H,3-7,10,12H2,1-2H3,(H,24,26)/t13-,14+,17-/m0/s1. The molecule has 0 radical (unpaired) electrons. The van der Waals surface area contributed by atoms with Crippen molar-refractivity contribution >= 4 is 22.8 Å². The number of aryl methyl sites for hydroxylation is 1. The van der Waals surface area contributed by atoms with Crippen LogP contribution in [0.1, 0.15) is 55.7 Å². The molecular formula is C22H27N3O4. The molecule has 1 amide bonds. The van der Waals surface area contributed by atoms with Gasteiger partial charge in [-0.05, 0) is 42.9 Å².